The topological polar surface area (TPSA) is 89.6 Å². The van der Waals surface area contributed by atoms with Crippen LogP contribution < -0.4 is 10.6 Å². The maximum Gasteiger partial charge on any atom is 0.355 e. The van der Waals surface area contributed by atoms with Gasteiger partial charge >= 0.3 is 11.9 Å². The summed E-state index contributed by atoms with van der Waals surface area (Å²) in [6.07, 6.45) is 4.12. The zero-order valence-electron chi connectivity index (χ0n) is 15.7. The van der Waals surface area contributed by atoms with Crippen LogP contribution in [0.5, 0.6) is 0 Å². The normalized spacial score (nSPS) is 11.6. The average Bonchev–Trinajstić information content (AvgIpc) is 2.73. The van der Waals surface area contributed by atoms with Crippen molar-refractivity contribution in [2.45, 2.75) is 6.92 Å². The van der Waals surface area contributed by atoms with Crippen molar-refractivity contribution in [1.29, 1.82) is 0 Å². The summed E-state index contributed by atoms with van der Waals surface area (Å²) < 4.78 is 23.0. The highest BCUT2D eigenvalue weighted by molar-refractivity contribution is 6.31. The van der Waals surface area contributed by atoms with Gasteiger partial charge in [-0.1, -0.05) is 17.7 Å². The molecule has 0 saturated heterocycles. The lowest BCUT2D eigenvalue weighted by molar-refractivity contribution is -0.137. The summed E-state index contributed by atoms with van der Waals surface area (Å²) in [5.74, 6) is -1.88. The predicted molar refractivity (Wildman–Crippen MR) is 107 cm³/mol. The highest BCUT2D eigenvalue weighted by atomic mass is 35.5. The van der Waals surface area contributed by atoms with Crippen LogP contribution in [0.15, 0.2) is 60.7 Å². The SMILES string of the molecule is CCOC(=O)/C(=C\N/C(=C\Nc1ccc(F)c(Cl)c1)C(=O)OC)c1ccccn1. The number of hydrogen-bond acceptors (Lipinski definition) is 7. The molecule has 2 aromatic rings. The van der Waals surface area contributed by atoms with Gasteiger partial charge in [-0.2, -0.15) is 0 Å². The molecule has 9 heteroatoms. The molecule has 1 aromatic carbocycles. The molecule has 0 unspecified atom stereocenters. The fourth-order valence-electron chi connectivity index (χ4n) is 2.13. The molecule has 1 heterocycles. The minimum Gasteiger partial charge on any atom is -0.464 e. The third-order valence-corrected chi connectivity index (χ3v) is 3.81. The molecule has 29 heavy (non-hydrogen) atoms. The van der Waals surface area contributed by atoms with Crippen molar-refractivity contribution in [1.82, 2.24) is 10.3 Å². The van der Waals surface area contributed by atoms with Crippen molar-refractivity contribution >= 4 is 34.8 Å². The van der Waals surface area contributed by atoms with Crippen LogP contribution in [-0.4, -0.2) is 30.6 Å². The van der Waals surface area contributed by atoms with Crippen LogP contribution in [-0.2, 0) is 19.1 Å². The number of carbonyl (C=O) groups excluding carboxylic acids is 2. The van der Waals surface area contributed by atoms with E-state index in [2.05, 4.69) is 15.6 Å². The summed E-state index contributed by atoms with van der Waals surface area (Å²) in [4.78, 5) is 28.5. The van der Waals surface area contributed by atoms with Gasteiger partial charge in [0.2, 0.25) is 0 Å². The first-order chi connectivity index (χ1) is 14.0. The smallest absolute Gasteiger partial charge is 0.355 e. The van der Waals surface area contributed by atoms with E-state index in [1.165, 1.54) is 43.9 Å². The predicted octanol–water partition coefficient (Wildman–Crippen LogP) is 3.49. The summed E-state index contributed by atoms with van der Waals surface area (Å²) >= 11 is 5.74. The largest absolute Gasteiger partial charge is 0.464 e. The van der Waals surface area contributed by atoms with E-state index in [4.69, 9.17) is 21.1 Å². The molecule has 152 valence electrons. The number of rotatable bonds is 8. The highest BCUT2D eigenvalue weighted by Gasteiger charge is 2.16. The maximum atomic E-state index is 13.3. The minimum absolute atomic E-state index is 0.0225. The first-order valence-electron chi connectivity index (χ1n) is 8.51. The minimum atomic E-state index is -0.703. The fraction of sp³-hybridized carbons (Fsp3) is 0.150. The zero-order valence-corrected chi connectivity index (χ0v) is 16.5. The molecule has 2 rings (SSSR count). The molecule has 1 aromatic heterocycles. The molecule has 0 aliphatic heterocycles. The molecule has 0 amide bonds. The van der Waals surface area contributed by atoms with Gasteiger partial charge < -0.3 is 20.1 Å². The molecule has 0 fully saturated rings. The number of carbonyl (C=O) groups is 2. The third-order valence-electron chi connectivity index (χ3n) is 3.52. The van der Waals surface area contributed by atoms with Gasteiger partial charge in [0, 0.05) is 24.3 Å². The molecular formula is C20H19ClFN3O4. The van der Waals surface area contributed by atoms with Crippen LogP contribution >= 0.6 is 11.6 Å². The van der Waals surface area contributed by atoms with E-state index in [0.717, 1.165) is 0 Å². The van der Waals surface area contributed by atoms with Gasteiger partial charge in [-0.25, -0.2) is 14.0 Å². The molecule has 7 nitrogen and oxygen atoms in total. The summed E-state index contributed by atoms with van der Waals surface area (Å²) in [5, 5.41) is 5.45. The van der Waals surface area contributed by atoms with Gasteiger partial charge in [0.1, 0.15) is 17.1 Å². The number of halogens is 2. The Labute approximate surface area is 172 Å². The summed E-state index contributed by atoms with van der Waals surface area (Å²) in [5.41, 5.74) is 0.901. The number of pyridine rings is 1. The van der Waals surface area contributed by atoms with Crippen LogP contribution in [0, 0.1) is 5.82 Å². The van der Waals surface area contributed by atoms with Crippen molar-refractivity contribution < 1.29 is 23.5 Å². The van der Waals surface area contributed by atoms with Crippen molar-refractivity contribution in [3.05, 3.63) is 77.2 Å². The Balaban J connectivity index is 2.29. The molecule has 2 N–H and O–H groups in total. The Bertz CT molecular complexity index is 933. The van der Waals surface area contributed by atoms with Crippen molar-refractivity contribution in [2.75, 3.05) is 19.0 Å². The van der Waals surface area contributed by atoms with E-state index in [0.29, 0.717) is 11.4 Å². The quantitative estimate of drug-likeness (QED) is 0.500. The number of nitrogens with one attached hydrogen (secondary N) is 2. The molecule has 0 atom stereocenters. The Morgan fingerprint density at radius 3 is 2.62 bits per heavy atom. The van der Waals surface area contributed by atoms with E-state index in [9.17, 15) is 14.0 Å². The number of methoxy groups -OCH3 is 1. The molecule has 0 aliphatic carbocycles. The Morgan fingerprint density at radius 1 is 1.21 bits per heavy atom. The Kier molecular flexibility index (Phi) is 8.17. The summed E-state index contributed by atoms with van der Waals surface area (Å²) in [6.45, 7) is 1.86. The molecule has 0 radical (unpaired) electrons. The van der Waals surface area contributed by atoms with Gasteiger partial charge in [0.15, 0.2) is 0 Å². The standard InChI is InChI=1S/C20H19ClFN3O4/c1-3-29-19(26)14(17-6-4-5-9-23-17)11-25-18(20(27)28-2)12-24-13-7-8-16(22)15(21)10-13/h4-12,24-25H,3H2,1-2H3/b14-11-,18-12-. The lowest BCUT2D eigenvalue weighted by Crippen LogP contribution is -2.20. The molecule has 0 spiro atoms. The van der Waals surface area contributed by atoms with Crippen molar-refractivity contribution in [3.63, 3.8) is 0 Å². The maximum absolute atomic E-state index is 13.3. The second-order valence-electron chi connectivity index (χ2n) is 5.46. The number of aromatic nitrogens is 1. The molecule has 0 bridgehead atoms. The number of esters is 2. The van der Waals surface area contributed by atoms with Gasteiger partial charge in [0.05, 0.1) is 24.4 Å². The molecule has 0 saturated carbocycles. The van der Waals surface area contributed by atoms with Crippen LogP contribution in [0.2, 0.25) is 5.02 Å². The summed E-state index contributed by atoms with van der Waals surface area (Å²) in [6, 6.07) is 9.04. The fourth-order valence-corrected chi connectivity index (χ4v) is 2.31. The van der Waals surface area contributed by atoms with Crippen LogP contribution in [0.25, 0.3) is 5.57 Å². The molecule has 0 aliphatic rings. The second kappa shape index (κ2) is 10.8. The average molecular weight is 420 g/mol. The van der Waals surface area contributed by atoms with Crippen LogP contribution in [0.1, 0.15) is 12.6 Å². The van der Waals surface area contributed by atoms with E-state index < -0.39 is 17.8 Å². The van der Waals surface area contributed by atoms with Crippen LogP contribution in [0.4, 0.5) is 10.1 Å². The molecular weight excluding hydrogens is 401 g/mol. The van der Waals surface area contributed by atoms with Crippen LogP contribution in [0.3, 0.4) is 0 Å². The number of ether oxygens (including phenoxy) is 2. The first-order valence-corrected chi connectivity index (χ1v) is 8.89. The van der Waals surface area contributed by atoms with Gasteiger partial charge in [-0.3, -0.25) is 4.98 Å². The summed E-state index contributed by atoms with van der Waals surface area (Å²) in [7, 11) is 1.21. The number of nitrogens with zero attached hydrogens (tertiary/aromatic N) is 1. The lowest BCUT2D eigenvalue weighted by Gasteiger charge is -2.10. The van der Waals surface area contributed by atoms with E-state index in [-0.39, 0.29) is 22.9 Å². The zero-order chi connectivity index (χ0) is 21.2. The van der Waals surface area contributed by atoms with Crippen molar-refractivity contribution in [3.8, 4) is 0 Å². The number of anilines is 1. The Morgan fingerprint density at radius 2 is 2.00 bits per heavy atom. The highest BCUT2D eigenvalue weighted by Crippen LogP contribution is 2.19. The van der Waals surface area contributed by atoms with E-state index >= 15 is 0 Å². The third kappa shape index (κ3) is 6.32. The number of benzene rings is 1. The number of hydrogen-bond donors (Lipinski definition) is 2. The van der Waals surface area contributed by atoms with E-state index in [1.54, 1.807) is 25.1 Å². The van der Waals surface area contributed by atoms with Gasteiger partial charge in [-0.15, -0.1) is 0 Å². The second-order valence-corrected chi connectivity index (χ2v) is 5.87. The van der Waals surface area contributed by atoms with Crippen molar-refractivity contribution in [2.24, 2.45) is 0 Å². The monoisotopic (exact) mass is 419 g/mol. The van der Waals surface area contributed by atoms with Gasteiger partial charge in [0.25, 0.3) is 0 Å². The van der Waals surface area contributed by atoms with Gasteiger partial charge in [-0.05, 0) is 37.3 Å². The van der Waals surface area contributed by atoms with E-state index in [1.807, 2.05) is 0 Å². The lowest BCUT2D eigenvalue weighted by atomic mass is 10.2. The Hall–Kier alpha value is -3.39. The first kappa shape index (κ1) is 21.9.